The summed E-state index contributed by atoms with van der Waals surface area (Å²) in [7, 11) is 0. The second-order valence-corrected chi connectivity index (χ2v) is 7.62. The van der Waals surface area contributed by atoms with Gasteiger partial charge in [-0.1, -0.05) is 32.9 Å². The minimum atomic E-state index is -1.27. The molecule has 0 aromatic heterocycles. The highest BCUT2D eigenvalue weighted by Gasteiger charge is 2.65. The summed E-state index contributed by atoms with van der Waals surface area (Å²) in [6, 6.07) is 0. The van der Waals surface area contributed by atoms with Gasteiger partial charge in [-0.25, -0.2) is 0 Å². The first-order valence-corrected chi connectivity index (χ1v) is 7.67. The predicted octanol–water partition coefficient (Wildman–Crippen LogP) is 0.688. The van der Waals surface area contributed by atoms with Crippen LogP contribution in [0.3, 0.4) is 0 Å². The van der Waals surface area contributed by atoms with E-state index in [1.165, 1.54) is 0 Å². The summed E-state index contributed by atoms with van der Waals surface area (Å²) in [5.74, 6) is -0.0721. The maximum absolute atomic E-state index is 10.6. The van der Waals surface area contributed by atoms with Crippen LogP contribution in [-0.2, 0) is 0 Å². The van der Waals surface area contributed by atoms with E-state index in [4.69, 9.17) is 0 Å². The van der Waals surface area contributed by atoms with Gasteiger partial charge in [-0.05, 0) is 29.6 Å². The van der Waals surface area contributed by atoms with Gasteiger partial charge in [-0.15, -0.1) is 0 Å². The van der Waals surface area contributed by atoms with E-state index in [1.807, 2.05) is 0 Å². The molecule has 0 radical (unpaired) electrons. The van der Waals surface area contributed by atoms with Crippen molar-refractivity contribution in [3.8, 4) is 0 Å². The van der Waals surface area contributed by atoms with Crippen LogP contribution in [0.4, 0.5) is 0 Å². The van der Waals surface area contributed by atoms with Crippen molar-refractivity contribution in [1.82, 2.24) is 0 Å². The van der Waals surface area contributed by atoms with Crippen LogP contribution in [0.2, 0.25) is 0 Å². The smallest absolute Gasteiger partial charge is 0.109 e. The first-order valence-electron chi connectivity index (χ1n) is 7.67. The van der Waals surface area contributed by atoms with Crippen LogP contribution in [0.1, 0.15) is 33.6 Å². The first-order chi connectivity index (χ1) is 9.24. The van der Waals surface area contributed by atoms with Crippen LogP contribution < -0.4 is 0 Å². The lowest BCUT2D eigenvalue weighted by atomic mass is 9.41. The minimum Gasteiger partial charge on any atom is -0.390 e. The minimum absolute atomic E-state index is 0.191. The Morgan fingerprint density at radius 2 is 1.40 bits per heavy atom. The molecule has 4 nitrogen and oxygen atoms in total. The maximum Gasteiger partial charge on any atom is 0.109 e. The highest BCUT2D eigenvalue weighted by Crippen LogP contribution is 2.65. The van der Waals surface area contributed by atoms with Crippen molar-refractivity contribution in [1.29, 1.82) is 0 Å². The topological polar surface area (TPSA) is 80.9 Å². The fraction of sp³-hybridized carbons (Fsp3) is 0.875. The monoisotopic (exact) mass is 282 g/mol. The van der Waals surface area contributed by atoms with Gasteiger partial charge >= 0.3 is 0 Å². The Labute approximate surface area is 120 Å². The second kappa shape index (κ2) is 4.29. The Morgan fingerprint density at radius 1 is 0.850 bits per heavy atom. The molecule has 114 valence electrons. The largest absolute Gasteiger partial charge is 0.390 e. The molecular formula is C16H26O4. The Kier molecular flexibility index (Phi) is 3.11. The predicted molar refractivity (Wildman–Crippen MR) is 74.8 cm³/mol. The van der Waals surface area contributed by atoms with Crippen LogP contribution in [0, 0.1) is 28.6 Å². The van der Waals surface area contributed by atoms with E-state index in [-0.39, 0.29) is 22.7 Å². The van der Waals surface area contributed by atoms with Gasteiger partial charge < -0.3 is 20.4 Å². The molecule has 0 spiro atoms. The number of rotatable bonds is 1. The molecule has 2 bridgehead atoms. The lowest BCUT2D eigenvalue weighted by Crippen LogP contribution is -2.69. The third-order valence-electron chi connectivity index (χ3n) is 6.50. The fourth-order valence-electron chi connectivity index (χ4n) is 5.13. The summed E-state index contributed by atoms with van der Waals surface area (Å²) in [6.07, 6.45) is 1.79. The lowest BCUT2D eigenvalue weighted by Gasteiger charge is -2.64. The van der Waals surface area contributed by atoms with Crippen molar-refractivity contribution in [2.45, 2.75) is 58.0 Å². The highest BCUT2D eigenvalue weighted by molar-refractivity contribution is 5.26. The van der Waals surface area contributed by atoms with Crippen molar-refractivity contribution < 1.29 is 20.4 Å². The lowest BCUT2D eigenvalue weighted by molar-refractivity contribution is -0.243. The summed E-state index contributed by atoms with van der Waals surface area (Å²) in [4.78, 5) is 0. The molecule has 20 heavy (non-hydrogen) atoms. The molecule has 0 aromatic carbocycles. The van der Waals surface area contributed by atoms with E-state index in [2.05, 4.69) is 32.9 Å². The third kappa shape index (κ3) is 1.56. The Balaban J connectivity index is 2.13. The van der Waals surface area contributed by atoms with Gasteiger partial charge in [-0.3, -0.25) is 0 Å². The second-order valence-electron chi connectivity index (χ2n) is 7.62. The molecular weight excluding hydrogens is 256 g/mol. The molecule has 2 fully saturated rings. The Bertz CT molecular complexity index is 434. The van der Waals surface area contributed by atoms with E-state index in [0.717, 1.165) is 12.8 Å². The summed E-state index contributed by atoms with van der Waals surface area (Å²) >= 11 is 0. The number of aliphatic hydroxyl groups is 4. The number of allylic oxidation sites excluding steroid dienone is 2. The molecule has 4 aliphatic rings. The number of fused-ring (bicyclic) bond motifs is 1. The highest BCUT2D eigenvalue weighted by atomic mass is 16.4. The average molecular weight is 282 g/mol. The van der Waals surface area contributed by atoms with Gasteiger partial charge in [0, 0.05) is 11.8 Å². The molecule has 8 atom stereocenters. The van der Waals surface area contributed by atoms with Crippen molar-refractivity contribution >= 4 is 0 Å². The molecule has 4 aliphatic carbocycles. The van der Waals surface area contributed by atoms with Gasteiger partial charge in [0.1, 0.15) is 12.2 Å². The third-order valence-corrected chi connectivity index (χ3v) is 6.50. The number of aliphatic hydroxyl groups excluding tert-OH is 4. The number of hydrogen-bond donors (Lipinski definition) is 4. The molecule has 0 heterocycles. The van der Waals surface area contributed by atoms with E-state index >= 15 is 0 Å². The summed E-state index contributed by atoms with van der Waals surface area (Å²) in [5, 5.41) is 41.2. The van der Waals surface area contributed by atoms with Crippen molar-refractivity contribution in [2.75, 3.05) is 0 Å². The standard InChI is InChI=1S/C16H26O4/c1-8(2)16-6-4-15(3,5-7-16)9-10(16)12(18)14(20)13(19)11(9)17/h4,6,8-14,17-20H,5,7H2,1-3H3. The maximum atomic E-state index is 10.6. The summed E-state index contributed by atoms with van der Waals surface area (Å²) in [5.41, 5.74) is -0.396. The Morgan fingerprint density at radius 3 is 1.85 bits per heavy atom. The van der Waals surface area contributed by atoms with Gasteiger partial charge in [0.2, 0.25) is 0 Å². The van der Waals surface area contributed by atoms with E-state index in [9.17, 15) is 20.4 Å². The van der Waals surface area contributed by atoms with Crippen LogP contribution in [0.15, 0.2) is 12.2 Å². The van der Waals surface area contributed by atoms with E-state index in [0.29, 0.717) is 5.92 Å². The molecule has 2 saturated carbocycles. The van der Waals surface area contributed by atoms with Gasteiger partial charge in [0.05, 0.1) is 12.2 Å². The summed E-state index contributed by atoms with van der Waals surface area (Å²) in [6.45, 7) is 6.35. The molecule has 0 amide bonds. The molecule has 0 aromatic rings. The van der Waals surface area contributed by atoms with Crippen LogP contribution in [0.5, 0.6) is 0 Å². The number of hydrogen-bond acceptors (Lipinski definition) is 4. The zero-order valence-electron chi connectivity index (χ0n) is 12.4. The molecule has 8 unspecified atom stereocenters. The molecule has 4 rings (SSSR count). The van der Waals surface area contributed by atoms with Crippen molar-refractivity contribution in [3.05, 3.63) is 12.2 Å². The van der Waals surface area contributed by atoms with Crippen molar-refractivity contribution in [3.63, 3.8) is 0 Å². The van der Waals surface area contributed by atoms with E-state index < -0.39 is 24.4 Å². The normalized spacial score (nSPS) is 58.0. The summed E-state index contributed by atoms with van der Waals surface area (Å²) < 4.78 is 0. The van der Waals surface area contributed by atoms with Crippen LogP contribution in [-0.4, -0.2) is 44.8 Å². The van der Waals surface area contributed by atoms with Crippen LogP contribution >= 0.6 is 0 Å². The molecule has 4 N–H and O–H groups in total. The first kappa shape index (κ1) is 14.5. The molecule has 0 saturated heterocycles. The van der Waals surface area contributed by atoms with Crippen LogP contribution in [0.25, 0.3) is 0 Å². The van der Waals surface area contributed by atoms with Crippen molar-refractivity contribution in [2.24, 2.45) is 28.6 Å². The molecule has 0 aliphatic heterocycles. The fourth-order valence-corrected chi connectivity index (χ4v) is 5.13. The van der Waals surface area contributed by atoms with Gasteiger partial charge in [-0.2, -0.15) is 0 Å². The van der Waals surface area contributed by atoms with E-state index in [1.54, 1.807) is 0 Å². The molecule has 4 heteroatoms. The van der Waals surface area contributed by atoms with Gasteiger partial charge in [0.25, 0.3) is 0 Å². The SMILES string of the molecule is CC(C)C12C=CC(C)(CC1)C1C(O)C(O)C(O)C(O)C12. The Hall–Kier alpha value is -0.420. The zero-order chi connectivity index (χ0) is 14.9. The average Bonchev–Trinajstić information content (AvgIpc) is 2.42. The zero-order valence-corrected chi connectivity index (χ0v) is 12.4. The van der Waals surface area contributed by atoms with Gasteiger partial charge in [0.15, 0.2) is 0 Å². The quantitative estimate of drug-likeness (QED) is 0.533.